The summed E-state index contributed by atoms with van der Waals surface area (Å²) < 4.78 is 5.14. The molecule has 0 atom stereocenters. The number of Topliss-reactive ketones (excluding diaryl/α,β-unsaturated/α-hetero) is 1. The molecular formula is C17H22O3. The molecule has 1 aromatic carbocycles. The van der Waals surface area contributed by atoms with E-state index in [2.05, 4.69) is 6.58 Å². The Morgan fingerprint density at radius 3 is 2.50 bits per heavy atom. The van der Waals surface area contributed by atoms with E-state index in [1.54, 1.807) is 6.07 Å². The van der Waals surface area contributed by atoms with Crippen LogP contribution < -0.4 is 0 Å². The van der Waals surface area contributed by atoms with Crippen LogP contribution in [-0.4, -0.2) is 18.4 Å². The molecule has 0 aromatic heterocycles. The highest BCUT2D eigenvalue weighted by molar-refractivity contribution is 5.98. The zero-order valence-corrected chi connectivity index (χ0v) is 12.4. The Balaban J connectivity index is 2.76. The van der Waals surface area contributed by atoms with Gasteiger partial charge >= 0.3 is 5.97 Å². The van der Waals surface area contributed by atoms with Gasteiger partial charge in [-0.15, -0.1) is 0 Å². The maximum Gasteiger partial charge on any atom is 0.333 e. The first kappa shape index (κ1) is 16.2. The van der Waals surface area contributed by atoms with Crippen LogP contribution in [0.2, 0.25) is 0 Å². The average Bonchev–Trinajstić information content (AvgIpc) is 2.44. The maximum absolute atomic E-state index is 11.9. The lowest BCUT2D eigenvalue weighted by atomic mass is 9.97. The van der Waals surface area contributed by atoms with Crippen LogP contribution in [-0.2, 0) is 16.0 Å². The highest BCUT2D eigenvalue weighted by Crippen LogP contribution is 2.16. The third-order valence-electron chi connectivity index (χ3n) is 2.88. The highest BCUT2D eigenvalue weighted by Gasteiger charge is 2.14. The summed E-state index contributed by atoms with van der Waals surface area (Å²) in [5.74, 6) is -0.0258. The Labute approximate surface area is 120 Å². The molecule has 1 aromatic rings. The highest BCUT2D eigenvalue weighted by atomic mass is 16.5. The van der Waals surface area contributed by atoms with Gasteiger partial charge in [0, 0.05) is 24.0 Å². The number of benzene rings is 1. The van der Waals surface area contributed by atoms with Gasteiger partial charge in [-0.1, -0.05) is 51.6 Å². The molecule has 20 heavy (non-hydrogen) atoms. The van der Waals surface area contributed by atoms with Crippen molar-refractivity contribution in [2.75, 3.05) is 6.61 Å². The van der Waals surface area contributed by atoms with E-state index in [1.165, 1.54) is 0 Å². The third-order valence-corrected chi connectivity index (χ3v) is 2.88. The van der Waals surface area contributed by atoms with E-state index >= 15 is 0 Å². The van der Waals surface area contributed by atoms with Gasteiger partial charge in [0.1, 0.15) is 0 Å². The number of rotatable bonds is 7. The van der Waals surface area contributed by atoms with Crippen molar-refractivity contribution in [3.63, 3.8) is 0 Å². The molecule has 0 unspecified atom stereocenters. The number of esters is 1. The molecule has 0 radical (unpaired) electrons. The molecule has 0 aliphatic carbocycles. The summed E-state index contributed by atoms with van der Waals surface area (Å²) in [5, 5.41) is 0. The molecule has 0 aliphatic heterocycles. The molecule has 0 bridgehead atoms. The van der Waals surface area contributed by atoms with Crippen LogP contribution >= 0.6 is 0 Å². The van der Waals surface area contributed by atoms with Gasteiger partial charge in [0.25, 0.3) is 0 Å². The normalized spacial score (nSPS) is 10.4. The molecule has 1 rings (SSSR count). The topological polar surface area (TPSA) is 43.4 Å². The van der Waals surface area contributed by atoms with E-state index in [-0.39, 0.29) is 5.78 Å². The fraction of sp³-hybridized carbons (Fsp3) is 0.412. The van der Waals surface area contributed by atoms with Crippen LogP contribution in [0.15, 0.2) is 36.4 Å². The van der Waals surface area contributed by atoms with E-state index in [0.717, 1.165) is 5.56 Å². The van der Waals surface area contributed by atoms with E-state index in [9.17, 15) is 9.59 Å². The second-order valence-electron chi connectivity index (χ2n) is 5.21. The molecule has 3 heteroatoms. The third kappa shape index (κ3) is 4.65. The van der Waals surface area contributed by atoms with Gasteiger partial charge in [-0.25, -0.2) is 4.79 Å². The molecular weight excluding hydrogens is 252 g/mol. The molecule has 108 valence electrons. The van der Waals surface area contributed by atoms with Gasteiger partial charge in [0.2, 0.25) is 0 Å². The lowest BCUT2D eigenvalue weighted by molar-refractivity contribution is -0.140. The van der Waals surface area contributed by atoms with Crippen LogP contribution in [0.4, 0.5) is 0 Å². The Kier molecular flexibility index (Phi) is 6.16. The summed E-state index contributed by atoms with van der Waals surface area (Å²) in [6.07, 6.45) is 0.792. The summed E-state index contributed by atoms with van der Waals surface area (Å²) in [5.41, 5.74) is 1.86. The minimum atomic E-state index is -0.391. The van der Waals surface area contributed by atoms with E-state index in [4.69, 9.17) is 4.74 Å². The van der Waals surface area contributed by atoms with Gasteiger partial charge in [0.15, 0.2) is 5.78 Å². The first-order valence-electron chi connectivity index (χ1n) is 6.91. The lowest BCUT2D eigenvalue weighted by Gasteiger charge is -2.11. The maximum atomic E-state index is 11.9. The van der Waals surface area contributed by atoms with Gasteiger partial charge in [0.05, 0.1) is 6.61 Å². The van der Waals surface area contributed by atoms with Gasteiger partial charge in [-0.3, -0.25) is 4.79 Å². The van der Waals surface area contributed by atoms with Crippen molar-refractivity contribution in [1.82, 2.24) is 0 Å². The van der Waals surface area contributed by atoms with Crippen LogP contribution in [0.5, 0.6) is 0 Å². The second kappa shape index (κ2) is 7.63. The molecule has 0 spiro atoms. The fourth-order valence-corrected chi connectivity index (χ4v) is 1.78. The molecule has 0 amide bonds. The van der Waals surface area contributed by atoms with Gasteiger partial charge < -0.3 is 4.74 Å². The first-order chi connectivity index (χ1) is 9.45. The Bertz CT molecular complexity index is 501. The standard InChI is InChI=1S/C17H22O3/c1-5-16(18)15-9-7-6-8-14(15)10-13(4)17(19)20-11-12(2)3/h6-9,12H,4-5,10-11H2,1-3H3. The van der Waals surface area contributed by atoms with Crippen molar-refractivity contribution in [2.45, 2.75) is 33.6 Å². The van der Waals surface area contributed by atoms with Crippen LogP contribution in [0.25, 0.3) is 0 Å². The van der Waals surface area contributed by atoms with Crippen molar-refractivity contribution in [3.05, 3.63) is 47.5 Å². The van der Waals surface area contributed by atoms with Crippen LogP contribution in [0.3, 0.4) is 0 Å². The number of ether oxygens (including phenoxy) is 1. The van der Waals surface area contributed by atoms with E-state index in [0.29, 0.717) is 36.5 Å². The molecule has 0 saturated heterocycles. The SMILES string of the molecule is C=C(Cc1ccccc1C(=O)CC)C(=O)OCC(C)C. The quantitative estimate of drug-likeness (QED) is 0.433. The minimum absolute atomic E-state index is 0.0731. The predicted octanol–water partition coefficient (Wildman–Crippen LogP) is 3.58. The van der Waals surface area contributed by atoms with Crippen molar-refractivity contribution in [1.29, 1.82) is 0 Å². The number of hydrogen-bond donors (Lipinski definition) is 0. The van der Waals surface area contributed by atoms with Crippen molar-refractivity contribution in [3.8, 4) is 0 Å². The summed E-state index contributed by atoms with van der Waals surface area (Å²) in [7, 11) is 0. The molecule has 0 aliphatic rings. The number of carbonyl (C=O) groups is 2. The zero-order valence-electron chi connectivity index (χ0n) is 12.4. The average molecular weight is 274 g/mol. The van der Waals surface area contributed by atoms with Crippen molar-refractivity contribution >= 4 is 11.8 Å². The predicted molar refractivity (Wildman–Crippen MR) is 79.7 cm³/mol. The monoisotopic (exact) mass is 274 g/mol. The smallest absolute Gasteiger partial charge is 0.333 e. The Morgan fingerprint density at radius 1 is 1.25 bits per heavy atom. The summed E-state index contributed by atoms with van der Waals surface area (Å²) >= 11 is 0. The summed E-state index contributed by atoms with van der Waals surface area (Å²) in [6.45, 7) is 9.93. The van der Waals surface area contributed by atoms with Gasteiger partial charge in [-0.2, -0.15) is 0 Å². The number of carbonyl (C=O) groups excluding carboxylic acids is 2. The summed E-state index contributed by atoms with van der Waals surface area (Å²) in [6, 6.07) is 7.32. The van der Waals surface area contributed by atoms with E-state index < -0.39 is 5.97 Å². The van der Waals surface area contributed by atoms with Crippen LogP contribution in [0, 0.1) is 5.92 Å². The largest absolute Gasteiger partial charge is 0.462 e. The Hall–Kier alpha value is -1.90. The molecule has 0 fully saturated rings. The fourth-order valence-electron chi connectivity index (χ4n) is 1.78. The molecule has 0 heterocycles. The van der Waals surface area contributed by atoms with Crippen LogP contribution in [0.1, 0.15) is 43.1 Å². The second-order valence-corrected chi connectivity index (χ2v) is 5.21. The summed E-state index contributed by atoms with van der Waals surface area (Å²) in [4.78, 5) is 23.7. The van der Waals surface area contributed by atoms with Gasteiger partial charge in [-0.05, 0) is 11.5 Å². The minimum Gasteiger partial charge on any atom is -0.462 e. The van der Waals surface area contributed by atoms with Crippen molar-refractivity contribution < 1.29 is 14.3 Å². The molecule has 0 N–H and O–H groups in total. The lowest BCUT2D eigenvalue weighted by Crippen LogP contribution is -2.14. The Morgan fingerprint density at radius 2 is 1.90 bits per heavy atom. The zero-order chi connectivity index (χ0) is 15.1. The number of hydrogen-bond acceptors (Lipinski definition) is 3. The van der Waals surface area contributed by atoms with Crippen molar-refractivity contribution in [2.24, 2.45) is 5.92 Å². The first-order valence-corrected chi connectivity index (χ1v) is 6.91. The van der Waals surface area contributed by atoms with E-state index in [1.807, 2.05) is 39.0 Å². The number of ketones is 1. The molecule has 3 nitrogen and oxygen atoms in total. The molecule has 0 saturated carbocycles.